The molecular weight excluding hydrogens is 478 g/mol. The molecule has 2 nitrogen and oxygen atoms in total. The van der Waals surface area contributed by atoms with Crippen molar-refractivity contribution in [1.82, 2.24) is 0 Å². The summed E-state index contributed by atoms with van der Waals surface area (Å²) in [6.45, 7) is 1.95. The Labute approximate surface area is 174 Å². The number of aryl methyl sites for hydroxylation is 2. The standard InChI is InChI=1S/C22H17F3INO/c1-13-4-2-3-5-14(13)6-11-20(28)16-8-9-17(23)21(25)22(16)27-19-10-7-15(26)12-18(19)24/h2-5,7-10,12,27H,6,11H2,1H3. The lowest BCUT2D eigenvalue weighted by molar-refractivity contribution is 0.0983. The molecule has 0 amide bonds. The third kappa shape index (κ3) is 4.55. The van der Waals surface area contributed by atoms with E-state index in [-0.39, 0.29) is 29.1 Å². The molecule has 0 aliphatic rings. The van der Waals surface area contributed by atoms with E-state index in [9.17, 15) is 18.0 Å². The highest BCUT2D eigenvalue weighted by molar-refractivity contribution is 14.1. The minimum atomic E-state index is -1.21. The maximum Gasteiger partial charge on any atom is 0.182 e. The van der Waals surface area contributed by atoms with E-state index in [0.717, 1.165) is 17.2 Å². The van der Waals surface area contributed by atoms with Crippen LogP contribution in [0, 0.1) is 27.9 Å². The van der Waals surface area contributed by atoms with Gasteiger partial charge in [0, 0.05) is 15.6 Å². The van der Waals surface area contributed by atoms with Crippen LogP contribution in [0.25, 0.3) is 0 Å². The molecule has 0 unspecified atom stereocenters. The first-order valence-electron chi connectivity index (χ1n) is 8.64. The number of hydrogen-bond acceptors (Lipinski definition) is 2. The Morgan fingerprint density at radius 3 is 2.46 bits per heavy atom. The van der Waals surface area contributed by atoms with Gasteiger partial charge in [0.2, 0.25) is 0 Å². The molecule has 0 saturated carbocycles. The van der Waals surface area contributed by atoms with Gasteiger partial charge in [0.15, 0.2) is 17.4 Å². The molecule has 6 heteroatoms. The lowest BCUT2D eigenvalue weighted by Crippen LogP contribution is -2.09. The molecule has 3 aromatic carbocycles. The number of benzene rings is 3. The SMILES string of the molecule is Cc1ccccc1CCC(=O)c1ccc(F)c(F)c1Nc1ccc(I)cc1F. The van der Waals surface area contributed by atoms with E-state index < -0.39 is 17.5 Å². The summed E-state index contributed by atoms with van der Waals surface area (Å²) in [7, 11) is 0. The summed E-state index contributed by atoms with van der Waals surface area (Å²) in [4.78, 5) is 12.7. The molecule has 144 valence electrons. The van der Waals surface area contributed by atoms with Crippen LogP contribution in [0.5, 0.6) is 0 Å². The Hall–Kier alpha value is -2.35. The van der Waals surface area contributed by atoms with Crippen molar-refractivity contribution in [3.63, 3.8) is 0 Å². The summed E-state index contributed by atoms with van der Waals surface area (Å²) in [5.74, 6) is -3.28. The predicted molar refractivity (Wildman–Crippen MR) is 113 cm³/mol. The van der Waals surface area contributed by atoms with Crippen LogP contribution in [0.1, 0.15) is 27.9 Å². The molecule has 0 aromatic heterocycles. The smallest absolute Gasteiger partial charge is 0.182 e. The van der Waals surface area contributed by atoms with E-state index in [1.807, 2.05) is 53.8 Å². The summed E-state index contributed by atoms with van der Waals surface area (Å²) >= 11 is 1.95. The maximum absolute atomic E-state index is 14.4. The third-order valence-corrected chi connectivity index (χ3v) is 5.14. The number of hydrogen-bond donors (Lipinski definition) is 1. The molecule has 0 aliphatic heterocycles. The van der Waals surface area contributed by atoms with Crippen LogP contribution in [0.3, 0.4) is 0 Å². The summed E-state index contributed by atoms with van der Waals surface area (Å²) < 4.78 is 43.0. The van der Waals surface area contributed by atoms with Gasteiger partial charge in [0.25, 0.3) is 0 Å². The largest absolute Gasteiger partial charge is 0.350 e. The third-order valence-electron chi connectivity index (χ3n) is 4.47. The van der Waals surface area contributed by atoms with Crippen molar-refractivity contribution in [2.75, 3.05) is 5.32 Å². The van der Waals surface area contributed by atoms with Crippen molar-refractivity contribution in [1.29, 1.82) is 0 Å². The Balaban J connectivity index is 1.89. The highest BCUT2D eigenvalue weighted by Crippen LogP contribution is 2.29. The molecule has 0 saturated heterocycles. The van der Waals surface area contributed by atoms with Crippen LogP contribution in [0.15, 0.2) is 54.6 Å². The topological polar surface area (TPSA) is 29.1 Å². The Morgan fingerprint density at radius 1 is 1.00 bits per heavy atom. The zero-order valence-corrected chi connectivity index (χ0v) is 17.2. The molecule has 0 fully saturated rings. The lowest BCUT2D eigenvalue weighted by atomic mass is 9.98. The first-order chi connectivity index (χ1) is 13.4. The summed E-state index contributed by atoms with van der Waals surface area (Å²) in [5.41, 5.74) is 1.68. The summed E-state index contributed by atoms with van der Waals surface area (Å²) in [5, 5.41) is 2.55. The number of carbonyl (C=O) groups excluding carboxylic acids is 1. The molecule has 28 heavy (non-hydrogen) atoms. The van der Waals surface area contributed by atoms with Crippen molar-refractivity contribution in [2.45, 2.75) is 19.8 Å². The van der Waals surface area contributed by atoms with Gasteiger partial charge in [0.05, 0.1) is 11.4 Å². The van der Waals surface area contributed by atoms with Gasteiger partial charge in [-0.1, -0.05) is 24.3 Å². The zero-order valence-electron chi connectivity index (χ0n) is 15.0. The monoisotopic (exact) mass is 495 g/mol. The van der Waals surface area contributed by atoms with Crippen molar-refractivity contribution in [3.05, 3.63) is 92.3 Å². The number of ketones is 1. The fourth-order valence-electron chi connectivity index (χ4n) is 2.90. The van der Waals surface area contributed by atoms with Crippen molar-refractivity contribution < 1.29 is 18.0 Å². The zero-order chi connectivity index (χ0) is 20.3. The number of Topliss-reactive ketones (excluding diaryl/α,β-unsaturated/α-hetero) is 1. The number of anilines is 2. The Kier molecular flexibility index (Phi) is 6.39. The molecular formula is C22H17F3INO. The first-order valence-corrected chi connectivity index (χ1v) is 9.72. The average molecular weight is 495 g/mol. The normalized spacial score (nSPS) is 10.8. The van der Waals surface area contributed by atoms with E-state index in [4.69, 9.17) is 0 Å². The molecule has 1 N–H and O–H groups in total. The second-order valence-corrected chi connectivity index (χ2v) is 7.63. The van der Waals surface area contributed by atoms with Crippen molar-refractivity contribution >= 4 is 39.7 Å². The van der Waals surface area contributed by atoms with Crippen LogP contribution >= 0.6 is 22.6 Å². The van der Waals surface area contributed by atoms with Crippen LogP contribution in [0.4, 0.5) is 24.5 Å². The average Bonchev–Trinajstić information content (AvgIpc) is 2.66. The lowest BCUT2D eigenvalue weighted by Gasteiger charge is -2.14. The first kappa shape index (κ1) is 20.4. The van der Waals surface area contributed by atoms with Gasteiger partial charge in [-0.3, -0.25) is 4.79 Å². The van der Waals surface area contributed by atoms with E-state index in [0.29, 0.717) is 9.99 Å². The number of halogens is 4. The number of rotatable bonds is 6. The van der Waals surface area contributed by atoms with E-state index in [1.165, 1.54) is 18.2 Å². The van der Waals surface area contributed by atoms with Crippen LogP contribution in [-0.4, -0.2) is 5.78 Å². The number of carbonyl (C=O) groups is 1. The fraction of sp³-hybridized carbons (Fsp3) is 0.136. The summed E-state index contributed by atoms with van der Waals surface area (Å²) in [6, 6.07) is 14.1. The second kappa shape index (κ2) is 8.77. The Morgan fingerprint density at radius 2 is 1.75 bits per heavy atom. The quantitative estimate of drug-likeness (QED) is 0.310. The molecule has 3 rings (SSSR count). The predicted octanol–water partition coefficient (Wildman–Crippen LogP) is 6.58. The van der Waals surface area contributed by atoms with Gasteiger partial charge >= 0.3 is 0 Å². The second-order valence-electron chi connectivity index (χ2n) is 6.38. The molecule has 0 spiro atoms. The molecule has 3 aromatic rings. The number of nitrogens with one attached hydrogen (secondary N) is 1. The maximum atomic E-state index is 14.4. The minimum Gasteiger partial charge on any atom is -0.350 e. The van der Waals surface area contributed by atoms with E-state index >= 15 is 0 Å². The van der Waals surface area contributed by atoms with Gasteiger partial charge in [-0.2, -0.15) is 0 Å². The van der Waals surface area contributed by atoms with Gasteiger partial charge in [0.1, 0.15) is 5.82 Å². The van der Waals surface area contributed by atoms with Crippen LogP contribution < -0.4 is 5.32 Å². The molecule has 0 bridgehead atoms. The van der Waals surface area contributed by atoms with Crippen molar-refractivity contribution in [2.24, 2.45) is 0 Å². The molecule has 0 radical (unpaired) electrons. The van der Waals surface area contributed by atoms with E-state index in [2.05, 4.69) is 5.32 Å². The van der Waals surface area contributed by atoms with Crippen LogP contribution in [-0.2, 0) is 6.42 Å². The van der Waals surface area contributed by atoms with Gasteiger partial charge in [-0.15, -0.1) is 0 Å². The highest BCUT2D eigenvalue weighted by atomic mass is 127. The fourth-order valence-corrected chi connectivity index (χ4v) is 3.36. The highest BCUT2D eigenvalue weighted by Gasteiger charge is 2.20. The molecule has 0 aliphatic carbocycles. The Bertz CT molecular complexity index is 1040. The van der Waals surface area contributed by atoms with Gasteiger partial charge in [-0.25, -0.2) is 13.2 Å². The minimum absolute atomic E-state index is 0.00886. The van der Waals surface area contributed by atoms with E-state index in [1.54, 1.807) is 6.07 Å². The van der Waals surface area contributed by atoms with Crippen LogP contribution in [0.2, 0.25) is 0 Å². The molecule has 0 atom stereocenters. The molecule has 0 heterocycles. The van der Waals surface area contributed by atoms with Gasteiger partial charge < -0.3 is 5.32 Å². The van der Waals surface area contributed by atoms with Crippen molar-refractivity contribution in [3.8, 4) is 0 Å². The summed E-state index contributed by atoms with van der Waals surface area (Å²) in [6.07, 6.45) is 0.599. The van der Waals surface area contributed by atoms with Gasteiger partial charge in [-0.05, 0) is 77.4 Å².